The summed E-state index contributed by atoms with van der Waals surface area (Å²) in [6.45, 7) is 1.60. The van der Waals surface area contributed by atoms with Crippen molar-refractivity contribution in [1.29, 1.82) is 0 Å². The third-order valence-electron chi connectivity index (χ3n) is 18.7. The maximum absolute atomic E-state index is 13.0. The van der Waals surface area contributed by atoms with E-state index in [-0.39, 0.29) is 229 Å². The predicted molar refractivity (Wildman–Crippen MR) is 525 cm³/mol. The number of carbonyl (C=O) groups is 5. The number of alkyl halides is 1. The molecule has 15 aromatic carbocycles. The molecule has 33 heteroatoms. The first-order valence-corrected chi connectivity index (χ1v) is 42.6. The Morgan fingerprint density at radius 3 is 0.551 bits per heavy atom. The van der Waals surface area contributed by atoms with Crippen LogP contribution in [0.3, 0.4) is 0 Å². The largest absolute Gasteiger partial charge is 1.00 e. The SMILES string of the molecule is Nc1ccc(O)cc1.Nc1ccc(Oc2ccc(C(=O)c3ccc(Oc4ccc(N)cc4)cc3)cc2)cc1.Nc1ccc(Oc2ccc(C(=O)c3ccc(Oc4ccc(N)cc4)cc3)cc2)cc1.O=C(c1ccc(Cl)cc1)c1ccc(Cl)cc1.O=C(c1ccc(Oc2ccc(N(CCO)CCO)cc2)cc1)c1ccc(Oc2ccc(N(CCO)CCO)cc2)cc1.O=CO[O-].OCCCl.[H-].[K+].[K+].[K+].[OH-]. The summed E-state index contributed by atoms with van der Waals surface area (Å²) in [5.41, 5.74) is 37.7. The van der Waals surface area contributed by atoms with E-state index in [4.69, 9.17) is 112 Å². The third kappa shape index (κ3) is 40.9. The molecule has 0 aliphatic rings. The number of phenols is 1. The maximum atomic E-state index is 13.0. The van der Waals surface area contributed by atoms with Gasteiger partial charge >= 0.3 is 154 Å². The van der Waals surface area contributed by atoms with Crippen LogP contribution in [-0.4, -0.2) is 131 Å². The normalized spacial score (nSPS) is 9.86. The number of ketones is 4. The molecule has 0 radical (unpaired) electrons. The summed E-state index contributed by atoms with van der Waals surface area (Å²) in [4.78, 5) is 65.5. The third-order valence-corrected chi connectivity index (χ3v) is 19.4. The van der Waals surface area contributed by atoms with Crippen LogP contribution in [0.1, 0.15) is 65.1 Å². The second kappa shape index (κ2) is 64.4. The molecular weight excluding hydrogens is 1900 g/mol. The molecule has 0 heterocycles. The predicted octanol–water partition coefficient (Wildman–Crippen LogP) is 10.2. The zero-order chi connectivity index (χ0) is 95.9. The summed E-state index contributed by atoms with van der Waals surface area (Å²) < 4.78 is 34.9. The van der Waals surface area contributed by atoms with Gasteiger partial charge in [0.15, 0.2) is 23.1 Å². The summed E-state index contributed by atoms with van der Waals surface area (Å²) in [5, 5.41) is 63.0. The average molecular weight is 2000 g/mol. The molecule has 27 nitrogen and oxygen atoms in total. The van der Waals surface area contributed by atoms with Gasteiger partial charge in [0, 0.05) is 126 Å². The second-order valence-corrected chi connectivity index (χ2v) is 29.7. The smallest absolute Gasteiger partial charge is 1.00 e. The molecule has 0 aromatic heterocycles. The summed E-state index contributed by atoms with van der Waals surface area (Å²) >= 11 is 16.4. The van der Waals surface area contributed by atoms with Crippen LogP contribution in [0.25, 0.3) is 0 Å². The molecular formula is C105H99Cl3K3N7O20. The van der Waals surface area contributed by atoms with E-state index < -0.39 is 0 Å². The molecule has 0 saturated heterocycles. The zero-order valence-corrected chi connectivity index (χ0v) is 87.3. The van der Waals surface area contributed by atoms with Crippen LogP contribution in [0.4, 0.5) is 39.8 Å². The molecule has 17 N–H and O–H groups in total. The average Bonchev–Trinajstić information content (AvgIpc) is 0.859. The van der Waals surface area contributed by atoms with Crippen LogP contribution >= 0.6 is 34.8 Å². The molecule has 0 spiro atoms. The Bertz CT molecular complexity index is 5520. The van der Waals surface area contributed by atoms with Crippen molar-refractivity contribution in [2.24, 2.45) is 0 Å². The Balaban J connectivity index is 0.000000373. The minimum absolute atomic E-state index is 0. The van der Waals surface area contributed by atoms with Crippen molar-refractivity contribution in [1.82, 2.24) is 0 Å². The van der Waals surface area contributed by atoms with Crippen molar-refractivity contribution in [3.05, 3.63) is 419 Å². The van der Waals surface area contributed by atoms with Gasteiger partial charge in [-0.15, -0.1) is 11.6 Å². The molecule has 0 unspecified atom stereocenters. The van der Waals surface area contributed by atoms with Crippen molar-refractivity contribution in [3.8, 4) is 74.7 Å². The quantitative estimate of drug-likeness (QED) is 0.00273. The molecule has 0 saturated carbocycles. The first-order valence-electron chi connectivity index (χ1n) is 41.3. The van der Waals surface area contributed by atoms with Crippen LogP contribution in [0.5, 0.6) is 74.7 Å². The summed E-state index contributed by atoms with van der Waals surface area (Å²) in [6.07, 6.45) is 0. The van der Waals surface area contributed by atoms with Gasteiger partial charge in [-0.05, 0) is 364 Å². The molecule has 698 valence electrons. The first-order chi connectivity index (χ1) is 64.9. The monoisotopic (exact) mass is 2000 g/mol. The number of nitrogens with zero attached hydrogens (tertiary/aromatic N) is 2. The van der Waals surface area contributed by atoms with Crippen LogP contribution in [0, 0.1) is 0 Å². The molecule has 0 aliphatic heterocycles. The van der Waals surface area contributed by atoms with Crippen LogP contribution < -0.4 is 226 Å². The summed E-state index contributed by atoms with van der Waals surface area (Å²) in [7, 11) is 0. The molecule has 15 aromatic rings. The van der Waals surface area contributed by atoms with Gasteiger partial charge in [-0.1, -0.05) is 23.2 Å². The van der Waals surface area contributed by atoms with Gasteiger partial charge in [0.2, 0.25) is 0 Å². The van der Waals surface area contributed by atoms with Gasteiger partial charge in [0.1, 0.15) is 74.7 Å². The first kappa shape index (κ1) is 118. The number of anilines is 7. The van der Waals surface area contributed by atoms with Gasteiger partial charge < -0.3 is 115 Å². The standard InChI is InChI=1S/C33H36N2O7.2C25H20N2O3.C13H8Cl2O.C6H7NO.C2H5ClO.CH2O3.3K.H2O.H/c36-21-17-34(18-22-37)27-5-13-31(14-6-27)41-29-9-1-25(2-10-29)33(40)26-3-11-30(12-4-26)42-32-15-7-28(8-16-32)35(19-23-38)20-24-39;2*26-19-5-13-23(14-6-19)29-21-9-1-17(2-10-21)25(28)18-3-11-22(12-4-18)30-24-15-7-20(27)8-16-24;14-11-5-1-9(2-6-11)13(16)10-3-7-12(15)8-4-10;7-5-1-3-6(8)4-2-5;3-1-2-4;2-1-4-3;;;;;/h1-16,36-39H,17-24H2;2*1-16H,26-27H2;1-8H;1-4,8H,7H2;4H,1-2H2;1,3H;;;;1H2;/q;;;;;;;3*+1;;-1/p-2. The number of nitrogens with two attached hydrogens (primary N) is 5. The number of carbonyl (C=O) groups excluding carboxylic acids is 5. The van der Waals surface area contributed by atoms with E-state index in [9.17, 15) is 39.6 Å². The second-order valence-electron chi connectivity index (χ2n) is 28.4. The topological polar surface area (TPSA) is 461 Å². The maximum Gasteiger partial charge on any atom is 1.00 e. The van der Waals surface area contributed by atoms with Crippen molar-refractivity contribution in [2.45, 2.75) is 0 Å². The van der Waals surface area contributed by atoms with E-state index >= 15 is 0 Å². The number of rotatable bonds is 32. The molecule has 138 heavy (non-hydrogen) atoms. The Labute approximate surface area is 943 Å². The number of aliphatic hydroxyl groups excluding tert-OH is 5. The fourth-order valence-corrected chi connectivity index (χ4v) is 12.3. The number of phenolic OH excluding ortho intramolecular Hbond substituents is 1. The van der Waals surface area contributed by atoms with Gasteiger partial charge in [-0.2, -0.15) is 0 Å². The van der Waals surface area contributed by atoms with E-state index in [0.717, 1.165) is 11.4 Å². The number of halogens is 3. The van der Waals surface area contributed by atoms with Crippen molar-refractivity contribution in [3.63, 3.8) is 0 Å². The minimum atomic E-state index is -0.181. The molecule has 0 amide bonds. The Kier molecular flexibility index (Phi) is 54.9. The van der Waals surface area contributed by atoms with Gasteiger partial charge in [-0.3, -0.25) is 24.0 Å². The number of nitrogen functional groups attached to an aromatic ring is 5. The summed E-state index contributed by atoms with van der Waals surface area (Å²) in [6, 6.07) is 105. The number of hydrogen-bond donors (Lipinski definition) is 11. The van der Waals surface area contributed by atoms with Crippen LogP contribution in [0.2, 0.25) is 10.0 Å². The van der Waals surface area contributed by atoms with E-state index in [1.807, 2.05) is 58.3 Å². The van der Waals surface area contributed by atoms with Crippen molar-refractivity contribution in [2.75, 3.05) is 104 Å². The van der Waals surface area contributed by atoms with Gasteiger partial charge in [-0.25, -0.2) is 0 Å². The Morgan fingerprint density at radius 2 is 0.413 bits per heavy atom. The number of benzene rings is 15. The molecule has 0 aliphatic carbocycles. The van der Waals surface area contributed by atoms with Gasteiger partial charge in [0.25, 0.3) is 6.47 Å². The zero-order valence-electron chi connectivity index (χ0n) is 76.6. The number of hydrogen-bond acceptors (Lipinski definition) is 27. The van der Waals surface area contributed by atoms with Crippen LogP contribution in [0.15, 0.2) is 364 Å². The van der Waals surface area contributed by atoms with Crippen molar-refractivity contribution >= 4 is 104 Å². The van der Waals surface area contributed by atoms with Crippen molar-refractivity contribution < 1.29 is 254 Å². The minimum Gasteiger partial charge on any atom is -1.00 e. The van der Waals surface area contributed by atoms with E-state index in [1.54, 1.807) is 315 Å². The Hall–Kier alpha value is -10.9. The molecule has 0 atom stereocenters. The fraction of sp³-hybridized carbons (Fsp3) is 0.0952. The molecule has 0 bridgehead atoms. The Morgan fingerprint density at radius 1 is 0.275 bits per heavy atom. The number of ether oxygens (including phenoxy) is 6. The molecule has 15 rings (SSSR count). The van der Waals surface area contributed by atoms with Crippen LogP contribution in [-0.2, 0) is 9.68 Å². The number of aliphatic hydroxyl groups is 5. The molecule has 0 fully saturated rings. The van der Waals surface area contributed by atoms with E-state index in [2.05, 4.69) is 4.89 Å². The fourth-order valence-electron chi connectivity index (χ4n) is 12.0. The number of aromatic hydroxyl groups is 1. The van der Waals surface area contributed by atoms with E-state index in [1.165, 1.54) is 0 Å². The summed E-state index contributed by atoms with van der Waals surface area (Å²) in [5.74, 6) is 8.02. The van der Waals surface area contributed by atoms with Gasteiger partial charge in [0.05, 0.1) is 33.0 Å². The van der Waals surface area contributed by atoms with E-state index in [0.29, 0.717) is 184 Å².